The van der Waals surface area contributed by atoms with E-state index in [4.69, 9.17) is 14.2 Å². The lowest BCUT2D eigenvalue weighted by atomic mass is 9.87. The Morgan fingerprint density at radius 3 is 2.52 bits per heavy atom. The van der Waals surface area contributed by atoms with Gasteiger partial charge in [-0.3, -0.25) is 4.90 Å². The van der Waals surface area contributed by atoms with Crippen LogP contribution in [0.25, 0.3) is 0 Å². The van der Waals surface area contributed by atoms with Crippen LogP contribution < -0.4 is 14.2 Å². The Morgan fingerprint density at radius 2 is 1.84 bits per heavy atom. The zero-order valence-corrected chi connectivity index (χ0v) is 15.1. The highest BCUT2D eigenvalue weighted by molar-refractivity contribution is 5.85. The lowest BCUT2D eigenvalue weighted by molar-refractivity contribution is 0.0559. The van der Waals surface area contributed by atoms with Crippen LogP contribution in [0.2, 0.25) is 0 Å². The van der Waals surface area contributed by atoms with Crippen LogP contribution in [0.5, 0.6) is 17.2 Å². The van der Waals surface area contributed by atoms with Gasteiger partial charge in [-0.15, -0.1) is 12.4 Å². The molecule has 2 aromatic carbocycles. The molecule has 2 unspecified atom stereocenters. The Kier molecular flexibility index (Phi) is 5.08. The number of halogens is 1. The third kappa shape index (κ3) is 3.15. The molecule has 0 amide bonds. The summed E-state index contributed by atoms with van der Waals surface area (Å²) in [7, 11) is 3.68. The van der Waals surface area contributed by atoms with Gasteiger partial charge < -0.3 is 19.3 Å². The van der Waals surface area contributed by atoms with Crippen molar-refractivity contribution in [3.05, 3.63) is 53.1 Å². The van der Waals surface area contributed by atoms with Gasteiger partial charge in [0.1, 0.15) is 5.75 Å². The summed E-state index contributed by atoms with van der Waals surface area (Å²) in [6.45, 7) is 1.16. The van der Waals surface area contributed by atoms with Gasteiger partial charge in [-0.2, -0.15) is 0 Å². The molecule has 0 saturated heterocycles. The predicted molar refractivity (Wildman–Crippen MR) is 96.8 cm³/mol. The van der Waals surface area contributed by atoms with E-state index in [0.717, 1.165) is 41.3 Å². The van der Waals surface area contributed by atoms with Gasteiger partial charge in [-0.25, -0.2) is 0 Å². The number of aliphatic hydroxyl groups excluding tert-OH is 1. The minimum atomic E-state index is -0.625. The summed E-state index contributed by atoms with van der Waals surface area (Å²) in [5, 5.41) is 11.0. The van der Waals surface area contributed by atoms with E-state index in [2.05, 4.69) is 11.0 Å². The molecule has 0 aliphatic carbocycles. The van der Waals surface area contributed by atoms with E-state index in [1.165, 1.54) is 5.56 Å². The summed E-state index contributed by atoms with van der Waals surface area (Å²) < 4.78 is 16.2. The summed E-state index contributed by atoms with van der Waals surface area (Å²) in [5.41, 5.74) is 3.20. The Hall–Kier alpha value is -1.95. The van der Waals surface area contributed by atoms with Crippen molar-refractivity contribution in [2.24, 2.45) is 0 Å². The number of fused-ring (bicyclic) bond motifs is 2. The van der Waals surface area contributed by atoms with Gasteiger partial charge in [0, 0.05) is 6.54 Å². The summed E-state index contributed by atoms with van der Waals surface area (Å²) in [4.78, 5) is 2.19. The quantitative estimate of drug-likeness (QED) is 0.908. The highest BCUT2D eigenvalue weighted by atomic mass is 35.5. The molecular weight excluding hydrogens is 342 g/mol. The highest BCUT2D eigenvalue weighted by Crippen LogP contribution is 2.44. The van der Waals surface area contributed by atoms with Gasteiger partial charge in [0.05, 0.1) is 19.3 Å². The van der Waals surface area contributed by atoms with Crippen LogP contribution in [0.1, 0.15) is 28.8 Å². The van der Waals surface area contributed by atoms with Gasteiger partial charge in [-0.1, -0.05) is 12.1 Å². The van der Waals surface area contributed by atoms with Crippen molar-refractivity contribution in [2.75, 3.05) is 27.5 Å². The number of nitrogens with zero attached hydrogens (tertiary/aromatic N) is 1. The Labute approximate surface area is 153 Å². The first-order valence-corrected chi connectivity index (χ1v) is 8.12. The molecule has 4 rings (SSSR count). The van der Waals surface area contributed by atoms with Crippen LogP contribution in [0.4, 0.5) is 0 Å². The van der Waals surface area contributed by atoms with Crippen LogP contribution in [0.3, 0.4) is 0 Å². The van der Waals surface area contributed by atoms with Gasteiger partial charge >= 0.3 is 0 Å². The van der Waals surface area contributed by atoms with Crippen molar-refractivity contribution < 1.29 is 19.3 Å². The monoisotopic (exact) mass is 363 g/mol. The fourth-order valence-electron chi connectivity index (χ4n) is 3.56. The predicted octanol–water partition coefficient (Wildman–Crippen LogP) is 3.11. The second-order valence-electron chi connectivity index (χ2n) is 6.30. The Morgan fingerprint density at radius 1 is 1.16 bits per heavy atom. The molecule has 25 heavy (non-hydrogen) atoms. The number of rotatable bonds is 3. The second-order valence-corrected chi connectivity index (χ2v) is 6.30. The first-order chi connectivity index (χ1) is 11.7. The van der Waals surface area contributed by atoms with Gasteiger partial charge in [0.2, 0.25) is 6.79 Å². The average molecular weight is 364 g/mol. The molecule has 134 valence electrons. The third-order valence-corrected chi connectivity index (χ3v) is 4.92. The normalized spacial score (nSPS) is 19.7. The topological polar surface area (TPSA) is 51.2 Å². The lowest BCUT2D eigenvalue weighted by Gasteiger charge is -2.37. The molecule has 0 saturated carbocycles. The first-order valence-electron chi connectivity index (χ1n) is 8.12. The van der Waals surface area contributed by atoms with E-state index < -0.39 is 6.10 Å². The smallest absolute Gasteiger partial charge is 0.231 e. The zero-order valence-electron chi connectivity index (χ0n) is 14.3. The van der Waals surface area contributed by atoms with Gasteiger partial charge in [0.25, 0.3) is 0 Å². The third-order valence-electron chi connectivity index (χ3n) is 4.92. The standard InChI is InChI=1S/C19H21NO4.ClH/c1-20-8-7-13-9-16-17(24-11-23-16)10-15(13)18(20)19(21)12-3-5-14(22-2)6-4-12;/h3-6,9-10,18-19,21H,7-8,11H2,1-2H3;1H. The number of likely N-dealkylation sites (N-methyl/N-ethyl adjacent to an activating group) is 1. The number of hydrogen-bond acceptors (Lipinski definition) is 5. The van der Waals surface area contributed by atoms with Crippen LogP contribution in [0.15, 0.2) is 36.4 Å². The number of hydrogen-bond donors (Lipinski definition) is 1. The van der Waals surface area contributed by atoms with Crippen molar-refractivity contribution in [2.45, 2.75) is 18.6 Å². The molecule has 2 atom stereocenters. The summed E-state index contributed by atoms with van der Waals surface area (Å²) >= 11 is 0. The van der Waals surface area contributed by atoms with E-state index in [-0.39, 0.29) is 25.2 Å². The van der Waals surface area contributed by atoms with Crippen molar-refractivity contribution in [3.8, 4) is 17.2 Å². The minimum absolute atomic E-state index is 0. The first kappa shape index (κ1) is 17.9. The van der Waals surface area contributed by atoms with Gasteiger partial charge in [0.15, 0.2) is 11.5 Å². The van der Waals surface area contributed by atoms with Crippen molar-refractivity contribution in [3.63, 3.8) is 0 Å². The largest absolute Gasteiger partial charge is 0.497 e. The minimum Gasteiger partial charge on any atom is -0.497 e. The zero-order chi connectivity index (χ0) is 16.7. The maximum absolute atomic E-state index is 11.0. The fourth-order valence-corrected chi connectivity index (χ4v) is 3.56. The molecule has 2 aliphatic heterocycles. The van der Waals surface area contributed by atoms with Crippen LogP contribution in [-0.2, 0) is 6.42 Å². The maximum Gasteiger partial charge on any atom is 0.231 e. The molecule has 0 bridgehead atoms. The van der Waals surface area contributed by atoms with Crippen LogP contribution >= 0.6 is 12.4 Å². The van der Waals surface area contributed by atoms with Gasteiger partial charge in [-0.05, 0) is 54.4 Å². The molecule has 2 aliphatic rings. The summed E-state index contributed by atoms with van der Waals surface area (Å²) in [6.07, 6.45) is 0.314. The lowest BCUT2D eigenvalue weighted by Crippen LogP contribution is -2.35. The Balaban J connectivity index is 0.00000182. The molecule has 6 heteroatoms. The molecule has 0 spiro atoms. The van der Waals surface area contributed by atoms with Crippen LogP contribution in [-0.4, -0.2) is 37.5 Å². The van der Waals surface area contributed by atoms with E-state index in [0.29, 0.717) is 0 Å². The molecule has 2 heterocycles. The van der Waals surface area contributed by atoms with E-state index in [1.54, 1.807) is 7.11 Å². The number of aliphatic hydroxyl groups is 1. The average Bonchev–Trinajstić information content (AvgIpc) is 3.07. The summed E-state index contributed by atoms with van der Waals surface area (Å²) in [6, 6.07) is 11.5. The highest BCUT2D eigenvalue weighted by Gasteiger charge is 2.33. The maximum atomic E-state index is 11.0. The van der Waals surface area contributed by atoms with Crippen molar-refractivity contribution in [1.82, 2.24) is 4.90 Å². The molecule has 2 aromatic rings. The molecule has 5 nitrogen and oxygen atoms in total. The molecule has 0 aromatic heterocycles. The number of ether oxygens (including phenoxy) is 3. The molecule has 0 fully saturated rings. The Bertz CT molecular complexity index is 750. The number of benzene rings is 2. The van der Waals surface area contributed by atoms with Crippen molar-refractivity contribution >= 4 is 12.4 Å². The van der Waals surface area contributed by atoms with E-state index in [9.17, 15) is 5.11 Å². The van der Waals surface area contributed by atoms with Crippen molar-refractivity contribution in [1.29, 1.82) is 0 Å². The molecule has 1 N–H and O–H groups in total. The SMILES string of the molecule is COc1ccc(C(O)C2c3cc4c(cc3CCN2C)OCO4)cc1.Cl. The van der Waals surface area contributed by atoms with E-state index >= 15 is 0 Å². The van der Waals surface area contributed by atoms with Crippen LogP contribution in [0, 0.1) is 0 Å². The number of methoxy groups -OCH3 is 1. The van der Waals surface area contributed by atoms with E-state index in [1.807, 2.05) is 37.4 Å². The molecular formula is C19H22ClNO4. The summed E-state index contributed by atoms with van der Waals surface area (Å²) in [5.74, 6) is 2.35. The molecule has 0 radical (unpaired) electrons. The fraction of sp³-hybridized carbons (Fsp3) is 0.368. The second kappa shape index (κ2) is 7.12.